The molecule has 1 saturated heterocycles. The molecule has 0 bridgehead atoms. The second-order valence-corrected chi connectivity index (χ2v) is 4.25. The third-order valence-electron chi connectivity index (χ3n) is 2.79. The fraction of sp³-hybridized carbons (Fsp3) is 0.333. The number of anilines is 1. The molecule has 0 saturated carbocycles. The van der Waals surface area contributed by atoms with Crippen molar-refractivity contribution in [3.8, 4) is 0 Å². The van der Waals surface area contributed by atoms with Gasteiger partial charge in [0.1, 0.15) is 6.04 Å². The molecule has 0 N–H and O–H groups in total. The lowest BCUT2D eigenvalue weighted by Crippen LogP contribution is -2.39. The third-order valence-corrected chi connectivity index (χ3v) is 3.04. The normalized spacial score (nSPS) is 19.5. The van der Waals surface area contributed by atoms with E-state index in [1.165, 1.54) is 12.0 Å². The Hall–Kier alpha value is -1.55. The van der Waals surface area contributed by atoms with Gasteiger partial charge in [0.25, 0.3) is 0 Å². The Morgan fingerprint density at radius 3 is 2.65 bits per heavy atom. The molecular formula is C12H12ClNO3. The molecule has 0 aromatic heterocycles. The first kappa shape index (κ1) is 11.9. The van der Waals surface area contributed by atoms with Gasteiger partial charge in [0.05, 0.1) is 7.11 Å². The van der Waals surface area contributed by atoms with Crippen molar-refractivity contribution in [1.29, 1.82) is 0 Å². The Labute approximate surface area is 104 Å². The summed E-state index contributed by atoms with van der Waals surface area (Å²) in [4.78, 5) is 24.8. The number of carbonyl (C=O) groups excluding carboxylic acids is 2. The molecule has 0 spiro atoms. The van der Waals surface area contributed by atoms with E-state index in [1.54, 1.807) is 24.3 Å². The van der Waals surface area contributed by atoms with Gasteiger partial charge in [-0.2, -0.15) is 0 Å². The Morgan fingerprint density at radius 2 is 2.06 bits per heavy atom. The summed E-state index contributed by atoms with van der Waals surface area (Å²) in [6.45, 7) is 0. The van der Waals surface area contributed by atoms with Crippen LogP contribution >= 0.6 is 11.6 Å². The average molecular weight is 254 g/mol. The van der Waals surface area contributed by atoms with Crippen molar-refractivity contribution in [1.82, 2.24) is 0 Å². The van der Waals surface area contributed by atoms with Gasteiger partial charge in [-0.15, -0.1) is 0 Å². The monoisotopic (exact) mass is 253 g/mol. The van der Waals surface area contributed by atoms with E-state index in [0.29, 0.717) is 23.6 Å². The minimum atomic E-state index is -0.520. The molecule has 90 valence electrons. The maximum absolute atomic E-state index is 11.8. The fourth-order valence-electron chi connectivity index (χ4n) is 1.97. The zero-order valence-corrected chi connectivity index (χ0v) is 10.1. The zero-order chi connectivity index (χ0) is 12.4. The van der Waals surface area contributed by atoms with E-state index in [2.05, 4.69) is 0 Å². The van der Waals surface area contributed by atoms with Crippen LogP contribution in [0.4, 0.5) is 5.69 Å². The van der Waals surface area contributed by atoms with Crippen LogP contribution in [0.25, 0.3) is 0 Å². The highest BCUT2D eigenvalue weighted by Gasteiger charge is 2.37. The second-order valence-electron chi connectivity index (χ2n) is 3.82. The predicted molar refractivity (Wildman–Crippen MR) is 64.0 cm³/mol. The first-order valence-electron chi connectivity index (χ1n) is 5.29. The molecule has 1 aliphatic heterocycles. The summed E-state index contributed by atoms with van der Waals surface area (Å²) in [6.07, 6.45) is 0.858. The molecule has 1 aromatic rings. The molecule has 1 atom stereocenters. The van der Waals surface area contributed by atoms with Crippen LogP contribution in [0.5, 0.6) is 0 Å². The molecule has 1 aliphatic rings. The highest BCUT2D eigenvalue weighted by molar-refractivity contribution is 6.30. The van der Waals surface area contributed by atoms with Gasteiger partial charge in [0.15, 0.2) is 0 Å². The quantitative estimate of drug-likeness (QED) is 0.758. The van der Waals surface area contributed by atoms with E-state index in [0.717, 1.165) is 0 Å². The van der Waals surface area contributed by atoms with E-state index in [9.17, 15) is 9.59 Å². The minimum absolute atomic E-state index is 0.0669. The number of amides is 1. The summed E-state index contributed by atoms with van der Waals surface area (Å²) >= 11 is 5.79. The van der Waals surface area contributed by atoms with Gasteiger partial charge in [0.2, 0.25) is 5.91 Å². The molecule has 1 unspecified atom stereocenters. The summed E-state index contributed by atoms with van der Waals surface area (Å²) in [5.74, 6) is -0.450. The van der Waals surface area contributed by atoms with E-state index in [-0.39, 0.29) is 11.9 Å². The van der Waals surface area contributed by atoms with E-state index < -0.39 is 6.04 Å². The maximum Gasteiger partial charge on any atom is 0.328 e. The predicted octanol–water partition coefficient (Wildman–Crippen LogP) is 2.01. The van der Waals surface area contributed by atoms with Crippen LogP contribution in [-0.4, -0.2) is 25.0 Å². The number of benzene rings is 1. The molecule has 1 fully saturated rings. The number of esters is 1. The van der Waals surface area contributed by atoms with Gasteiger partial charge in [-0.3, -0.25) is 9.69 Å². The van der Waals surface area contributed by atoms with Crippen LogP contribution in [0.2, 0.25) is 5.02 Å². The highest BCUT2D eigenvalue weighted by atomic mass is 35.5. The van der Waals surface area contributed by atoms with E-state index in [4.69, 9.17) is 16.3 Å². The zero-order valence-electron chi connectivity index (χ0n) is 9.35. The van der Waals surface area contributed by atoms with Crippen molar-refractivity contribution in [3.05, 3.63) is 29.3 Å². The Kier molecular flexibility index (Phi) is 3.33. The number of hydrogen-bond acceptors (Lipinski definition) is 3. The number of hydrogen-bond donors (Lipinski definition) is 0. The third kappa shape index (κ3) is 2.26. The molecule has 4 nitrogen and oxygen atoms in total. The van der Waals surface area contributed by atoms with Gasteiger partial charge >= 0.3 is 5.97 Å². The molecular weight excluding hydrogens is 242 g/mol. The Morgan fingerprint density at radius 1 is 1.41 bits per heavy atom. The summed E-state index contributed by atoms with van der Waals surface area (Å²) in [5, 5.41) is 0.593. The van der Waals surface area contributed by atoms with Crippen LogP contribution in [0.15, 0.2) is 24.3 Å². The molecule has 1 heterocycles. The minimum Gasteiger partial charge on any atom is -0.467 e. The number of halogens is 1. The molecule has 1 aromatic carbocycles. The number of rotatable bonds is 2. The first-order chi connectivity index (χ1) is 8.13. The lowest BCUT2D eigenvalue weighted by atomic mass is 10.2. The van der Waals surface area contributed by atoms with E-state index >= 15 is 0 Å². The van der Waals surface area contributed by atoms with Gasteiger partial charge < -0.3 is 4.74 Å². The maximum atomic E-state index is 11.8. The largest absolute Gasteiger partial charge is 0.467 e. The number of ether oxygens (including phenoxy) is 1. The highest BCUT2D eigenvalue weighted by Crippen LogP contribution is 2.28. The van der Waals surface area contributed by atoms with Crippen molar-refractivity contribution in [2.45, 2.75) is 18.9 Å². The van der Waals surface area contributed by atoms with Crippen molar-refractivity contribution < 1.29 is 14.3 Å². The van der Waals surface area contributed by atoms with Crippen molar-refractivity contribution >= 4 is 29.2 Å². The lowest BCUT2D eigenvalue weighted by Gasteiger charge is -2.22. The molecule has 1 amide bonds. The SMILES string of the molecule is COC(=O)C1CCC(=O)N1c1ccc(Cl)cc1. The number of nitrogens with zero attached hydrogens (tertiary/aromatic N) is 1. The van der Waals surface area contributed by atoms with Gasteiger partial charge in [0, 0.05) is 17.1 Å². The second kappa shape index (κ2) is 4.75. The standard InChI is InChI=1S/C12H12ClNO3/c1-17-12(16)10-6-7-11(15)14(10)9-4-2-8(13)3-5-9/h2-5,10H,6-7H2,1H3. The van der Waals surface area contributed by atoms with Crippen molar-refractivity contribution in [3.63, 3.8) is 0 Å². The molecule has 5 heteroatoms. The van der Waals surface area contributed by atoms with Crippen LogP contribution in [-0.2, 0) is 14.3 Å². The Bertz CT molecular complexity index is 444. The topological polar surface area (TPSA) is 46.6 Å². The van der Waals surface area contributed by atoms with Gasteiger partial charge in [-0.05, 0) is 30.7 Å². The first-order valence-corrected chi connectivity index (χ1v) is 5.66. The molecule has 2 rings (SSSR count). The lowest BCUT2D eigenvalue weighted by molar-refractivity contribution is -0.142. The number of carbonyl (C=O) groups is 2. The summed E-state index contributed by atoms with van der Waals surface area (Å²) in [6, 6.07) is 6.31. The van der Waals surface area contributed by atoms with Gasteiger partial charge in [-0.1, -0.05) is 11.6 Å². The van der Waals surface area contributed by atoms with Crippen LogP contribution in [0.1, 0.15) is 12.8 Å². The summed E-state index contributed by atoms with van der Waals surface area (Å²) in [7, 11) is 1.32. The molecule has 17 heavy (non-hydrogen) atoms. The molecule has 0 aliphatic carbocycles. The summed E-state index contributed by atoms with van der Waals surface area (Å²) in [5.41, 5.74) is 0.673. The summed E-state index contributed by atoms with van der Waals surface area (Å²) < 4.78 is 4.70. The van der Waals surface area contributed by atoms with Crippen molar-refractivity contribution in [2.75, 3.05) is 12.0 Å². The van der Waals surface area contributed by atoms with Gasteiger partial charge in [-0.25, -0.2) is 4.79 Å². The smallest absolute Gasteiger partial charge is 0.328 e. The molecule has 0 radical (unpaired) electrons. The van der Waals surface area contributed by atoms with Crippen molar-refractivity contribution in [2.24, 2.45) is 0 Å². The van der Waals surface area contributed by atoms with Crippen LogP contribution in [0.3, 0.4) is 0 Å². The Balaban J connectivity index is 2.30. The fourth-order valence-corrected chi connectivity index (χ4v) is 2.09. The number of methoxy groups -OCH3 is 1. The van der Waals surface area contributed by atoms with Crippen LogP contribution in [0, 0.1) is 0 Å². The van der Waals surface area contributed by atoms with E-state index in [1.807, 2.05) is 0 Å². The average Bonchev–Trinajstić information content (AvgIpc) is 2.71. The van der Waals surface area contributed by atoms with Crippen LogP contribution < -0.4 is 4.90 Å².